The van der Waals surface area contributed by atoms with Crippen molar-refractivity contribution in [3.63, 3.8) is 0 Å². The third-order valence-corrected chi connectivity index (χ3v) is 7.13. The third-order valence-electron chi connectivity index (χ3n) is 5.72. The highest BCUT2D eigenvalue weighted by atomic mass is 35.5. The molecular formula is C30H26Cl2N2O5S. The summed E-state index contributed by atoms with van der Waals surface area (Å²) in [5, 5.41) is 3.30. The molecule has 0 atom stereocenters. The van der Waals surface area contributed by atoms with Crippen molar-refractivity contribution in [2.75, 3.05) is 18.5 Å². The van der Waals surface area contributed by atoms with Crippen LogP contribution in [0.4, 0.5) is 10.5 Å². The lowest BCUT2D eigenvalue weighted by molar-refractivity contribution is -0.127. The van der Waals surface area contributed by atoms with Gasteiger partial charge >= 0.3 is 0 Å². The molecule has 0 spiro atoms. The SMILES string of the molecule is C=CCc1cc(/C=C2\SC(=O)N(CC(=O)Nc3ccc(Cl)cc3)C2=O)cc(OCC)c1OCc1ccc(Cl)cc1. The molecule has 4 rings (SSSR count). The predicted octanol–water partition coefficient (Wildman–Crippen LogP) is 7.37. The van der Waals surface area contributed by atoms with Crippen LogP contribution in [0.1, 0.15) is 23.6 Å². The Morgan fingerprint density at radius 2 is 1.70 bits per heavy atom. The molecule has 1 fully saturated rings. The molecule has 1 aliphatic rings. The standard InChI is InChI=1S/C30H26Cl2N2O5S/c1-3-5-21-14-20(15-25(38-4-2)28(21)39-18-19-6-8-22(31)9-7-19)16-26-29(36)34(30(37)40-26)17-27(35)33-24-12-10-23(32)11-13-24/h3,6-16H,1,4-5,17-18H2,2H3,(H,33,35)/b26-16-. The summed E-state index contributed by atoms with van der Waals surface area (Å²) in [5.41, 5.74) is 2.90. The highest BCUT2D eigenvalue weighted by Gasteiger charge is 2.36. The maximum Gasteiger partial charge on any atom is 0.294 e. The van der Waals surface area contributed by atoms with Crippen LogP contribution in [0, 0.1) is 0 Å². The highest BCUT2D eigenvalue weighted by molar-refractivity contribution is 8.18. The van der Waals surface area contributed by atoms with Gasteiger partial charge in [0.1, 0.15) is 13.2 Å². The van der Waals surface area contributed by atoms with Crippen molar-refractivity contribution in [1.82, 2.24) is 4.90 Å². The van der Waals surface area contributed by atoms with Crippen LogP contribution in [0.2, 0.25) is 10.0 Å². The van der Waals surface area contributed by atoms with Gasteiger partial charge in [0.2, 0.25) is 5.91 Å². The molecule has 0 aromatic heterocycles. The van der Waals surface area contributed by atoms with Crippen LogP contribution in [0.25, 0.3) is 6.08 Å². The molecule has 1 saturated heterocycles. The van der Waals surface area contributed by atoms with E-state index in [4.69, 9.17) is 32.7 Å². The van der Waals surface area contributed by atoms with Gasteiger partial charge in [-0.2, -0.15) is 0 Å². The van der Waals surface area contributed by atoms with E-state index in [1.807, 2.05) is 25.1 Å². The maximum absolute atomic E-state index is 13.1. The first kappa shape index (κ1) is 29.3. The van der Waals surface area contributed by atoms with E-state index in [2.05, 4.69) is 11.9 Å². The van der Waals surface area contributed by atoms with E-state index < -0.39 is 23.6 Å². The Balaban J connectivity index is 1.54. The Bertz CT molecular complexity index is 1460. The number of anilines is 1. The van der Waals surface area contributed by atoms with Crippen LogP contribution >= 0.6 is 35.0 Å². The van der Waals surface area contributed by atoms with E-state index in [0.717, 1.165) is 27.8 Å². The Kier molecular flexibility index (Phi) is 9.93. The Hall–Kier alpha value is -3.72. The monoisotopic (exact) mass is 596 g/mol. The van der Waals surface area contributed by atoms with E-state index >= 15 is 0 Å². The zero-order chi connectivity index (χ0) is 28.6. The first-order chi connectivity index (χ1) is 19.3. The molecule has 1 aliphatic heterocycles. The number of nitrogens with one attached hydrogen (secondary N) is 1. The van der Waals surface area contributed by atoms with Gasteiger partial charge in [-0.15, -0.1) is 6.58 Å². The number of benzene rings is 3. The van der Waals surface area contributed by atoms with Gasteiger partial charge in [-0.1, -0.05) is 41.4 Å². The topological polar surface area (TPSA) is 84.9 Å². The highest BCUT2D eigenvalue weighted by Crippen LogP contribution is 2.38. The van der Waals surface area contributed by atoms with Crippen molar-refractivity contribution in [3.05, 3.63) is 105 Å². The number of rotatable bonds is 11. The summed E-state index contributed by atoms with van der Waals surface area (Å²) in [6.45, 7) is 6.00. The molecule has 1 heterocycles. The lowest BCUT2D eigenvalue weighted by Gasteiger charge is -2.17. The summed E-state index contributed by atoms with van der Waals surface area (Å²) in [5.74, 6) is 0.0250. The molecule has 7 nitrogen and oxygen atoms in total. The lowest BCUT2D eigenvalue weighted by atomic mass is 10.0. The molecule has 40 heavy (non-hydrogen) atoms. The normalized spacial score (nSPS) is 14.0. The molecule has 1 N–H and O–H groups in total. The number of nitrogens with zero attached hydrogens (tertiary/aromatic N) is 1. The zero-order valence-electron chi connectivity index (χ0n) is 21.6. The van der Waals surface area contributed by atoms with Crippen LogP contribution in [-0.2, 0) is 22.6 Å². The number of hydrogen-bond acceptors (Lipinski definition) is 6. The van der Waals surface area contributed by atoms with Crippen molar-refractivity contribution in [2.45, 2.75) is 20.0 Å². The molecular weight excluding hydrogens is 571 g/mol. The van der Waals surface area contributed by atoms with E-state index in [9.17, 15) is 14.4 Å². The average Bonchev–Trinajstić information content (AvgIpc) is 3.18. The fourth-order valence-corrected chi connectivity index (χ4v) is 4.99. The van der Waals surface area contributed by atoms with Crippen molar-refractivity contribution >= 4 is 63.8 Å². The number of ether oxygens (including phenoxy) is 2. The fraction of sp³-hybridized carbons (Fsp3) is 0.167. The van der Waals surface area contributed by atoms with Crippen LogP contribution in [-0.4, -0.2) is 35.1 Å². The van der Waals surface area contributed by atoms with Crippen LogP contribution in [0.3, 0.4) is 0 Å². The maximum atomic E-state index is 13.1. The van der Waals surface area contributed by atoms with Crippen molar-refractivity contribution in [2.24, 2.45) is 0 Å². The zero-order valence-corrected chi connectivity index (χ0v) is 23.9. The fourth-order valence-electron chi connectivity index (χ4n) is 3.90. The van der Waals surface area contributed by atoms with Crippen molar-refractivity contribution in [1.29, 1.82) is 0 Å². The number of halogens is 2. The first-order valence-corrected chi connectivity index (χ1v) is 13.9. The summed E-state index contributed by atoms with van der Waals surface area (Å²) in [6.07, 6.45) is 3.85. The largest absolute Gasteiger partial charge is 0.490 e. The first-order valence-electron chi connectivity index (χ1n) is 12.4. The average molecular weight is 598 g/mol. The Labute approximate surface area is 246 Å². The van der Waals surface area contributed by atoms with Crippen molar-refractivity contribution < 1.29 is 23.9 Å². The second-order valence-electron chi connectivity index (χ2n) is 8.67. The van der Waals surface area contributed by atoms with Crippen LogP contribution < -0.4 is 14.8 Å². The van der Waals surface area contributed by atoms with E-state index in [1.165, 1.54) is 0 Å². The summed E-state index contributed by atoms with van der Waals surface area (Å²) in [7, 11) is 0. The number of carbonyl (C=O) groups is 3. The number of amides is 3. The van der Waals surface area contributed by atoms with E-state index in [1.54, 1.807) is 54.6 Å². The predicted molar refractivity (Wildman–Crippen MR) is 160 cm³/mol. The summed E-state index contributed by atoms with van der Waals surface area (Å²) in [6, 6.07) is 17.5. The number of hydrogen-bond donors (Lipinski definition) is 1. The van der Waals surface area contributed by atoms with Crippen LogP contribution in [0.5, 0.6) is 11.5 Å². The molecule has 3 amide bonds. The quantitative estimate of drug-likeness (QED) is 0.184. The molecule has 0 radical (unpaired) electrons. The van der Waals surface area contributed by atoms with Crippen LogP contribution in [0.15, 0.2) is 78.2 Å². The summed E-state index contributed by atoms with van der Waals surface area (Å²) >= 11 is 12.6. The number of imide groups is 1. The van der Waals surface area contributed by atoms with Gasteiger partial charge in [-0.3, -0.25) is 19.3 Å². The summed E-state index contributed by atoms with van der Waals surface area (Å²) < 4.78 is 12.0. The van der Waals surface area contributed by atoms with Gasteiger partial charge in [-0.25, -0.2) is 0 Å². The minimum absolute atomic E-state index is 0.200. The smallest absolute Gasteiger partial charge is 0.294 e. The number of allylic oxidation sites excluding steroid dienone is 1. The molecule has 0 unspecified atom stereocenters. The molecule has 0 saturated carbocycles. The molecule has 3 aromatic rings. The molecule has 206 valence electrons. The second-order valence-corrected chi connectivity index (χ2v) is 10.5. The lowest BCUT2D eigenvalue weighted by Crippen LogP contribution is -2.36. The van der Waals surface area contributed by atoms with Gasteiger partial charge in [-0.05, 0) is 90.8 Å². The minimum atomic E-state index is -0.549. The van der Waals surface area contributed by atoms with Gasteiger partial charge in [0.15, 0.2) is 11.5 Å². The number of thioether (sulfide) groups is 1. The van der Waals surface area contributed by atoms with Gasteiger partial charge < -0.3 is 14.8 Å². The molecule has 10 heteroatoms. The molecule has 0 aliphatic carbocycles. The van der Waals surface area contributed by atoms with Gasteiger partial charge in [0, 0.05) is 21.3 Å². The van der Waals surface area contributed by atoms with Crippen molar-refractivity contribution in [3.8, 4) is 11.5 Å². The van der Waals surface area contributed by atoms with Gasteiger partial charge in [0.25, 0.3) is 11.1 Å². The summed E-state index contributed by atoms with van der Waals surface area (Å²) in [4.78, 5) is 39.3. The number of carbonyl (C=O) groups excluding carboxylic acids is 3. The third kappa shape index (κ3) is 7.47. The second kappa shape index (κ2) is 13.6. The van der Waals surface area contributed by atoms with E-state index in [-0.39, 0.29) is 4.91 Å². The molecule has 0 bridgehead atoms. The minimum Gasteiger partial charge on any atom is -0.490 e. The Morgan fingerprint density at radius 1 is 1.02 bits per heavy atom. The van der Waals surface area contributed by atoms with Gasteiger partial charge in [0.05, 0.1) is 11.5 Å². The Morgan fingerprint density at radius 3 is 2.35 bits per heavy atom. The van der Waals surface area contributed by atoms with E-state index in [0.29, 0.717) is 52.4 Å². The molecule has 3 aromatic carbocycles.